The van der Waals surface area contributed by atoms with E-state index >= 15 is 0 Å². The molecule has 2 atom stereocenters. The molecule has 1 fully saturated rings. The molecule has 112 valence electrons. The summed E-state index contributed by atoms with van der Waals surface area (Å²) in [6.45, 7) is 8.96. The number of hydrogen-bond donors (Lipinski definition) is 2. The van der Waals surface area contributed by atoms with Crippen molar-refractivity contribution < 1.29 is 9.53 Å². The number of unbranched alkanes of at least 4 members (excludes halogenated alkanes) is 1. The van der Waals surface area contributed by atoms with Crippen molar-refractivity contribution in [3.8, 4) is 0 Å². The number of rotatable bonds is 5. The normalized spacial score (nSPS) is 24.0. The van der Waals surface area contributed by atoms with Crippen molar-refractivity contribution in [1.82, 2.24) is 10.6 Å². The number of alkyl carbamates (subject to hydrolysis) is 1. The predicted molar refractivity (Wildman–Crippen MR) is 78.3 cm³/mol. The zero-order valence-electron chi connectivity index (χ0n) is 12.9. The lowest BCUT2D eigenvalue weighted by atomic mass is 9.91. The van der Waals surface area contributed by atoms with Gasteiger partial charge in [-0.2, -0.15) is 0 Å². The van der Waals surface area contributed by atoms with Gasteiger partial charge in [0.25, 0.3) is 0 Å². The van der Waals surface area contributed by atoms with Crippen LogP contribution in [0.2, 0.25) is 0 Å². The first-order valence-corrected chi connectivity index (χ1v) is 7.63. The van der Waals surface area contributed by atoms with E-state index < -0.39 is 5.60 Å². The Kier molecular flexibility index (Phi) is 6.63. The molecule has 0 radical (unpaired) electrons. The maximum absolute atomic E-state index is 11.7. The van der Waals surface area contributed by atoms with Crippen molar-refractivity contribution in [2.75, 3.05) is 6.54 Å². The molecule has 0 aromatic rings. The van der Waals surface area contributed by atoms with Crippen molar-refractivity contribution in [3.05, 3.63) is 0 Å². The van der Waals surface area contributed by atoms with Crippen molar-refractivity contribution in [2.24, 2.45) is 0 Å². The van der Waals surface area contributed by atoms with Crippen LogP contribution in [0.15, 0.2) is 0 Å². The summed E-state index contributed by atoms with van der Waals surface area (Å²) in [6.07, 6.45) is 6.63. The van der Waals surface area contributed by atoms with Crippen LogP contribution in [0.1, 0.15) is 66.2 Å². The Labute approximate surface area is 117 Å². The lowest BCUT2D eigenvalue weighted by Crippen LogP contribution is -2.45. The molecule has 0 aromatic heterocycles. The molecule has 19 heavy (non-hydrogen) atoms. The minimum atomic E-state index is -0.419. The average molecular weight is 270 g/mol. The highest BCUT2D eigenvalue weighted by Crippen LogP contribution is 2.19. The minimum absolute atomic E-state index is 0.253. The van der Waals surface area contributed by atoms with E-state index in [-0.39, 0.29) is 12.1 Å². The van der Waals surface area contributed by atoms with Crippen molar-refractivity contribution in [1.29, 1.82) is 0 Å². The number of hydrogen-bond acceptors (Lipinski definition) is 3. The summed E-state index contributed by atoms with van der Waals surface area (Å²) in [7, 11) is 0. The standard InChI is InChI=1S/C15H30N2O2/c1-5-6-10-16-12-8-7-9-13(11-12)17-14(18)19-15(2,3)4/h12-13,16H,5-11H2,1-4H3,(H,17,18)/t12-,13+/m1/s1. The predicted octanol–water partition coefficient (Wildman–Crippen LogP) is 3.21. The van der Waals surface area contributed by atoms with Crippen LogP contribution in [-0.2, 0) is 4.74 Å². The second kappa shape index (κ2) is 7.73. The fourth-order valence-corrected chi connectivity index (χ4v) is 2.46. The van der Waals surface area contributed by atoms with E-state index in [0.29, 0.717) is 6.04 Å². The molecule has 0 bridgehead atoms. The Morgan fingerprint density at radius 1 is 1.26 bits per heavy atom. The quantitative estimate of drug-likeness (QED) is 0.754. The van der Waals surface area contributed by atoms with Crippen LogP contribution in [-0.4, -0.2) is 30.3 Å². The summed E-state index contributed by atoms with van der Waals surface area (Å²) in [4.78, 5) is 11.7. The van der Waals surface area contributed by atoms with Gasteiger partial charge < -0.3 is 15.4 Å². The summed E-state index contributed by atoms with van der Waals surface area (Å²) in [6, 6.07) is 0.794. The van der Waals surface area contributed by atoms with Crippen LogP contribution in [0, 0.1) is 0 Å². The van der Waals surface area contributed by atoms with Gasteiger partial charge in [0.05, 0.1) is 0 Å². The molecule has 1 aliphatic rings. The zero-order chi connectivity index (χ0) is 14.3. The second-order valence-corrected chi connectivity index (χ2v) is 6.51. The van der Waals surface area contributed by atoms with E-state index in [0.717, 1.165) is 19.4 Å². The van der Waals surface area contributed by atoms with Crippen molar-refractivity contribution in [2.45, 2.75) is 83.9 Å². The molecule has 1 saturated carbocycles. The van der Waals surface area contributed by atoms with Crippen LogP contribution >= 0.6 is 0 Å². The van der Waals surface area contributed by atoms with Crippen LogP contribution in [0.25, 0.3) is 0 Å². The highest BCUT2D eigenvalue weighted by Gasteiger charge is 2.24. The monoisotopic (exact) mass is 270 g/mol. The van der Waals surface area contributed by atoms with Gasteiger partial charge >= 0.3 is 6.09 Å². The Bertz CT molecular complexity index is 274. The lowest BCUT2D eigenvalue weighted by Gasteiger charge is -2.31. The summed E-state index contributed by atoms with van der Waals surface area (Å²) in [5, 5.41) is 6.58. The maximum Gasteiger partial charge on any atom is 0.407 e. The Hall–Kier alpha value is -0.770. The third-order valence-corrected chi connectivity index (χ3v) is 3.36. The number of carbonyl (C=O) groups is 1. The van der Waals surface area contributed by atoms with E-state index in [1.54, 1.807) is 0 Å². The smallest absolute Gasteiger partial charge is 0.407 e. The molecular weight excluding hydrogens is 240 g/mol. The molecule has 4 heteroatoms. The molecule has 0 saturated heterocycles. The molecule has 0 aliphatic heterocycles. The van der Waals surface area contributed by atoms with Gasteiger partial charge in [-0.15, -0.1) is 0 Å². The highest BCUT2D eigenvalue weighted by atomic mass is 16.6. The highest BCUT2D eigenvalue weighted by molar-refractivity contribution is 5.68. The van der Waals surface area contributed by atoms with Gasteiger partial charge in [0.2, 0.25) is 0 Å². The largest absolute Gasteiger partial charge is 0.444 e. The first kappa shape index (κ1) is 16.3. The molecule has 0 heterocycles. The summed E-state index contributed by atoms with van der Waals surface area (Å²) >= 11 is 0. The van der Waals surface area contributed by atoms with Crippen LogP contribution in [0.3, 0.4) is 0 Å². The molecule has 0 unspecified atom stereocenters. The number of ether oxygens (including phenoxy) is 1. The van der Waals surface area contributed by atoms with Crippen molar-refractivity contribution >= 4 is 6.09 Å². The van der Waals surface area contributed by atoms with Crippen molar-refractivity contribution in [3.63, 3.8) is 0 Å². The fourth-order valence-electron chi connectivity index (χ4n) is 2.46. The summed E-state index contributed by atoms with van der Waals surface area (Å²) in [5.41, 5.74) is -0.419. The van der Waals surface area contributed by atoms with Gasteiger partial charge in [0, 0.05) is 12.1 Å². The molecule has 1 rings (SSSR count). The lowest BCUT2D eigenvalue weighted by molar-refractivity contribution is 0.0488. The molecule has 1 amide bonds. The zero-order valence-corrected chi connectivity index (χ0v) is 12.9. The molecule has 2 N–H and O–H groups in total. The Balaban J connectivity index is 2.28. The van der Waals surface area contributed by atoms with Gasteiger partial charge in [-0.1, -0.05) is 13.3 Å². The number of carbonyl (C=O) groups excluding carboxylic acids is 1. The van der Waals surface area contributed by atoms with E-state index in [1.165, 1.54) is 25.7 Å². The van der Waals surface area contributed by atoms with E-state index in [9.17, 15) is 4.79 Å². The van der Waals surface area contributed by atoms with Crippen LogP contribution < -0.4 is 10.6 Å². The first-order chi connectivity index (χ1) is 8.90. The fraction of sp³-hybridized carbons (Fsp3) is 0.933. The Morgan fingerprint density at radius 2 is 1.95 bits per heavy atom. The number of nitrogens with one attached hydrogen (secondary N) is 2. The molecule has 1 aliphatic carbocycles. The second-order valence-electron chi connectivity index (χ2n) is 6.51. The van der Waals surface area contributed by atoms with Gasteiger partial charge in [-0.05, 0) is 59.4 Å². The minimum Gasteiger partial charge on any atom is -0.444 e. The SMILES string of the molecule is CCCCN[C@@H]1CCC[C@H](NC(=O)OC(C)(C)C)C1. The molecule has 0 spiro atoms. The summed E-state index contributed by atoms with van der Waals surface area (Å²) in [5.74, 6) is 0. The Morgan fingerprint density at radius 3 is 2.58 bits per heavy atom. The van der Waals surface area contributed by atoms with E-state index in [4.69, 9.17) is 4.74 Å². The molecule has 4 nitrogen and oxygen atoms in total. The third-order valence-electron chi connectivity index (χ3n) is 3.36. The molecular formula is C15H30N2O2. The van der Waals surface area contributed by atoms with E-state index in [1.807, 2.05) is 20.8 Å². The molecule has 0 aromatic carbocycles. The van der Waals surface area contributed by atoms with Crippen LogP contribution in [0.5, 0.6) is 0 Å². The average Bonchev–Trinajstić information content (AvgIpc) is 2.27. The topological polar surface area (TPSA) is 50.4 Å². The van der Waals surface area contributed by atoms with Gasteiger partial charge in [0.15, 0.2) is 0 Å². The third kappa shape index (κ3) is 7.41. The van der Waals surface area contributed by atoms with Gasteiger partial charge in [0.1, 0.15) is 5.60 Å². The van der Waals surface area contributed by atoms with Gasteiger partial charge in [-0.3, -0.25) is 0 Å². The first-order valence-electron chi connectivity index (χ1n) is 7.63. The number of amides is 1. The maximum atomic E-state index is 11.7. The van der Waals surface area contributed by atoms with Crippen LogP contribution in [0.4, 0.5) is 4.79 Å². The summed E-state index contributed by atoms with van der Waals surface area (Å²) < 4.78 is 5.30. The van der Waals surface area contributed by atoms with E-state index in [2.05, 4.69) is 17.6 Å². The van der Waals surface area contributed by atoms with Gasteiger partial charge in [-0.25, -0.2) is 4.79 Å².